The molecule has 0 aliphatic heterocycles. The Bertz CT molecular complexity index is 680. The van der Waals surface area contributed by atoms with E-state index < -0.39 is 0 Å². The zero-order valence-electron chi connectivity index (χ0n) is 15.1. The van der Waals surface area contributed by atoms with E-state index in [-0.39, 0.29) is 0 Å². The van der Waals surface area contributed by atoms with E-state index in [1.54, 1.807) is 21.3 Å². The van der Waals surface area contributed by atoms with Gasteiger partial charge in [-0.25, -0.2) is 0 Å². The summed E-state index contributed by atoms with van der Waals surface area (Å²) in [7, 11) is 4.89. The molecule has 4 heteroatoms. The topological polar surface area (TPSA) is 36.9 Å². The highest BCUT2D eigenvalue weighted by Gasteiger charge is 2.16. The van der Waals surface area contributed by atoms with Crippen molar-refractivity contribution in [3.63, 3.8) is 0 Å². The minimum atomic E-state index is 0.578. The van der Waals surface area contributed by atoms with Gasteiger partial charge in [-0.2, -0.15) is 0 Å². The van der Waals surface area contributed by atoms with Crippen LogP contribution in [0, 0.1) is 0 Å². The molecule has 0 saturated carbocycles. The molecule has 0 fully saturated rings. The van der Waals surface area contributed by atoms with Crippen molar-refractivity contribution < 1.29 is 18.9 Å². The minimum absolute atomic E-state index is 0.578. The van der Waals surface area contributed by atoms with Gasteiger partial charge in [-0.15, -0.1) is 0 Å². The van der Waals surface area contributed by atoms with Gasteiger partial charge in [-0.3, -0.25) is 0 Å². The number of aryl methyl sites for hydroxylation is 2. The van der Waals surface area contributed by atoms with Crippen molar-refractivity contribution in [2.24, 2.45) is 0 Å². The zero-order chi connectivity index (χ0) is 17.5. The fourth-order valence-electron chi connectivity index (χ4n) is 2.62. The maximum absolute atomic E-state index is 6.11. The lowest BCUT2D eigenvalue weighted by atomic mass is 10.1. The van der Waals surface area contributed by atoms with Gasteiger partial charge in [-0.05, 0) is 48.2 Å². The number of hydrogen-bond acceptors (Lipinski definition) is 4. The van der Waals surface area contributed by atoms with Gasteiger partial charge in [0.15, 0.2) is 23.0 Å². The average molecular weight is 330 g/mol. The van der Waals surface area contributed by atoms with E-state index in [1.807, 2.05) is 24.3 Å². The summed E-state index contributed by atoms with van der Waals surface area (Å²) >= 11 is 0. The molecule has 0 aliphatic carbocycles. The lowest BCUT2D eigenvalue weighted by Gasteiger charge is -2.17. The largest absolute Gasteiger partial charge is 0.493 e. The molecule has 2 rings (SSSR count). The molecule has 0 atom stereocenters. The van der Waals surface area contributed by atoms with Crippen LogP contribution in [0.3, 0.4) is 0 Å². The monoisotopic (exact) mass is 330 g/mol. The summed E-state index contributed by atoms with van der Waals surface area (Å²) in [5.74, 6) is 3.23. The fourth-order valence-corrected chi connectivity index (χ4v) is 2.62. The van der Waals surface area contributed by atoms with Gasteiger partial charge in [0.25, 0.3) is 0 Å². The van der Waals surface area contributed by atoms with Crippen molar-refractivity contribution in [3.05, 3.63) is 41.5 Å². The highest BCUT2D eigenvalue weighted by molar-refractivity contribution is 5.56. The Labute approximate surface area is 144 Å². The molecule has 0 aromatic heterocycles. The van der Waals surface area contributed by atoms with Crippen LogP contribution >= 0.6 is 0 Å². The molecule has 24 heavy (non-hydrogen) atoms. The van der Waals surface area contributed by atoms with Crippen LogP contribution in [0.5, 0.6) is 28.7 Å². The van der Waals surface area contributed by atoms with Gasteiger partial charge in [0, 0.05) is 0 Å². The zero-order valence-corrected chi connectivity index (χ0v) is 15.1. The summed E-state index contributed by atoms with van der Waals surface area (Å²) in [6.45, 7) is 4.25. The second-order valence-electron chi connectivity index (χ2n) is 5.52. The van der Waals surface area contributed by atoms with E-state index in [2.05, 4.69) is 19.9 Å². The van der Waals surface area contributed by atoms with Gasteiger partial charge in [0.2, 0.25) is 5.75 Å². The van der Waals surface area contributed by atoms with Crippen LogP contribution in [0.1, 0.15) is 31.4 Å². The summed E-state index contributed by atoms with van der Waals surface area (Å²) < 4.78 is 22.5. The van der Waals surface area contributed by atoms with Crippen LogP contribution in [-0.4, -0.2) is 21.3 Å². The van der Waals surface area contributed by atoms with E-state index in [4.69, 9.17) is 18.9 Å². The number of methoxy groups -OCH3 is 3. The van der Waals surface area contributed by atoms with E-state index >= 15 is 0 Å². The molecule has 0 N–H and O–H groups in total. The minimum Gasteiger partial charge on any atom is -0.493 e. The van der Waals surface area contributed by atoms with Gasteiger partial charge in [0.05, 0.1) is 21.3 Å². The van der Waals surface area contributed by atoms with Crippen molar-refractivity contribution in [1.29, 1.82) is 0 Å². The molecule has 0 spiro atoms. The third-order valence-electron chi connectivity index (χ3n) is 3.90. The predicted molar refractivity (Wildman–Crippen MR) is 96.0 cm³/mol. The molecule has 130 valence electrons. The van der Waals surface area contributed by atoms with E-state index in [9.17, 15) is 0 Å². The maximum Gasteiger partial charge on any atom is 0.203 e. The molecule has 2 aromatic carbocycles. The number of ether oxygens (including phenoxy) is 4. The Morgan fingerprint density at radius 3 is 1.96 bits per heavy atom. The number of rotatable bonds is 8. The second kappa shape index (κ2) is 8.48. The Kier molecular flexibility index (Phi) is 6.36. The first-order chi connectivity index (χ1) is 11.7. The van der Waals surface area contributed by atoms with Crippen molar-refractivity contribution in [3.8, 4) is 28.7 Å². The Balaban J connectivity index is 2.43. The molecule has 2 aromatic rings. The molecule has 0 unspecified atom stereocenters. The van der Waals surface area contributed by atoms with Gasteiger partial charge in [0.1, 0.15) is 0 Å². The molecule has 0 heterocycles. The lowest BCUT2D eigenvalue weighted by molar-refractivity contribution is 0.329. The summed E-state index contributed by atoms with van der Waals surface area (Å²) in [6.07, 6.45) is 2.98. The number of hydrogen-bond donors (Lipinski definition) is 0. The van der Waals surface area contributed by atoms with Crippen LogP contribution in [0.25, 0.3) is 0 Å². The predicted octanol–water partition coefficient (Wildman–Crippen LogP) is 5.02. The van der Waals surface area contributed by atoms with Gasteiger partial charge < -0.3 is 18.9 Å². The Hall–Kier alpha value is -2.36. The van der Waals surface area contributed by atoms with E-state index in [0.29, 0.717) is 28.7 Å². The quantitative estimate of drug-likeness (QED) is 0.681. The maximum atomic E-state index is 6.11. The second-order valence-corrected chi connectivity index (χ2v) is 5.52. The molecule has 0 saturated heterocycles. The summed E-state index contributed by atoms with van der Waals surface area (Å²) in [4.78, 5) is 0. The molecule has 4 nitrogen and oxygen atoms in total. The van der Waals surface area contributed by atoms with E-state index in [0.717, 1.165) is 24.8 Å². The molecule has 0 bridgehead atoms. The van der Waals surface area contributed by atoms with Crippen LogP contribution in [-0.2, 0) is 12.8 Å². The van der Waals surface area contributed by atoms with Gasteiger partial charge >= 0.3 is 0 Å². The fraction of sp³-hybridized carbons (Fsp3) is 0.400. The summed E-state index contributed by atoms with van der Waals surface area (Å²) in [5.41, 5.74) is 2.35. The summed E-state index contributed by atoms with van der Waals surface area (Å²) in [5, 5.41) is 0. The van der Waals surface area contributed by atoms with Crippen LogP contribution < -0.4 is 18.9 Å². The van der Waals surface area contributed by atoms with Crippen LogP contribution in [0.2, 0.25) is 0 Å². The summed E-state index contributed by atoms with van der Waals surface area (Å²) in [6, 6.07) is 9.96. The third-order valence-corrected chi connectivity index (χ3v) is 3.90. The smallest absolute Gasteiger partial charge is 0.203 e. The van der Waals surface area contributed by atoms with Crippen molar-refractivity contribution in [2.45, 2.75) is 33.1 Å². The third kappa shape index (κ3) is 3.94. The molecule has 0 aliphatic rings. The first-order valence-corrected chi connectivity index (χ1v) is 8.26. The Morgan fingerprint density at radius 2 is 1.38 bits per heavy atom. The molecular weight excluding hydrogens is 304 g/mol. The molecular formula is C20H26O4. The Morgan fingerprint density at radius 1 is 0.708 bits per heavy atom. The standard InChI is InChI=1S/C20H26O4/c1-6-8-15-9-10-16(17(13-15)21-3)24-19-12-14(7-2)11-18(22-4)20(19)23-5/h9-13H,6-8H2,1-5H3. The lowest BCUT2D eigenvalue weighted by Crippen LogP contribution is -1.98. The molecule has 0 amide bonds. The molecule has 0 radical (unpaired) electrons. The highest BCUT2D eigenvalue weighted by Crippen LogP contribution is 2.43. The van der Waals surface area contributed by atoms with E-state index in [1.165, 1.54) is 5.56 Å². The highest BCUT2D eigenvalue weighted by atomic mass is 16.5. The average Bonchev–Trinajstić information content (AvgIpc) is 2.62. The first-order valence-electron chi connectivity index (χ1n) is 8.26. The van der Waals surface area contributed by atoms with Crippen molar-refractivity contribution in [2.75, 3.05) is 21.3 Å². The van der Waals surface area contributed by atoms with Crippen molar-refractivity contribution in [1.82, 2.24) is 0 Å². The number of benzene rings is 2. The SMILES string of the molecule is CCCc1ccc(Oc2cc(CC)cc(OC)c2OC)c(OC)c1. The van der Waals surface area contributed by atoms with Crippen molar-refractivity contribution >= 4 is 0 Å². The normalized spacial score (nSPS) is 10.4. The first kappa shape index (κ1) is 18.0. The van der Waals surface area contributed by atoms with Crippen LogP contribution in [0.4, 0.5) is 0 Å². The van der Waals surface area contributed by atoms with Crippen LogP contribution in [0.15, 0.2) is 30.3 Å². The van der Waals surface area contributed by atoms with Gasteiger partial charge in [-0.1, -0.05) is 26.3 Å².